The maximum atomic E-state index is 12.8. The highest BCUT2D eigenvalue weighted by Crippen LogP contribution is 2.33. The lowest BCUT2D eigenvalue weighted by molar-refractivity contribution is 0.352. The van der Waals surface area contributed by atoms with Crippen LogP contribution in [0.1, 0.15) is 5.56 Å². The Kier molecular flexibility index (Phi) is 5.06. The molecule has 0 saturated carbocycles. The number of benzene rings is 1. The van der Waals surface area contributed by atoms with Crippen LogP contribution in [0.15, 0.2) is 45.9 Å². The second-order valence-electron chi connectivity index (χ2n) is 6.14. The number of rotatable bonds is 6. The van der Waals surface area contributed by atoms with Crippen LogP contribution in [-0.4, -0.2) is 23.8 Å². The maximum absolute atomic E-state index is 12.8. The van der Waals surface area contributed by atoms with Gasteiger partial charge in [0.1, 0.15) is 4.70 Å². The van der Waals surface area contributed by atoms with Gasteiger partial charge in [-0.3, -0.25) is 9.36 Å². The number of thiophene rings is 2. The molecule has 8 heteroatoms. The first-order valence-corrected chi connectivity index (χ1v) is 10.3. The predicted octanol–water partition coefficient (Wildman–Crippen LogP) is 4.35. The van der Waals surface area contributed by atoms with Crippen molar-refractivity contribution in [3.8, 4) is 21.9 Å². The van der Waals surface area contributed by atoms with Gasteiger partial charge in [0.2, 0.25) is 5.95 Å². The maximum Gasteiger partial charge on any atom is 0.272 e. The number of nitrogens with one attached hydrogen (secondary N) is 1. The van der Waals surface area contributed by atoms with Crippen LogP contribution in [0, 0.1) is 0 Å². The summed E-state index contributed by atoms with van der Waals surface area (Å²) in [5.74, 6) is 1.84. The number of fused-ring (bicyclic) bond motifs is 1. The van der Waals surface area contributed by atoms with Crippen LogP contribution < -0.4 is 20.3 Å². The lowest BCUT2D eigenvalue weighted by Gasteiger charge is -2.14. The average Bonchev–Trinajstić information content (AvgIpc) is 3.38. The summed E-state index contributed by atoms with van der Waals surface area (Å²) < 4.78 is 13.0. The van der Waals surface area contributed by atoms with E-state index in [1.165, 1.54) is 11.3 Å². The number of ether oxygens (including phenoxy) is 2. The van der Waals surface area contributed by atoms with Crippen LogP contribution in [-0.2, 0) is 13.6 Å². The molecule has 6 nitrogen and oxygen atoms in total. The fraction of sp³-hybridized carbons (Fsp3) is 0.200. The fourth-order valence-corrected chi connectivity index (χ4v) is 4.83. The minimum absolute atomic E-state index is 0.0587. The van der Waals surface area contributed by atoms with Crippen LogP contribution >= 0.6 is 22.7 Å². The van der Waals surface area contributed by atoms with E-state index in [4.69, 9.17) is 9.47 Å². The molecule has 0 amide bonds. The van der Waals surface area contributed by atoms with Gasteiger partial charge < -0.3 is 14.8 Å². The molecule has 1 aromatic carbocycles. The molecule has 4 rings (SSSR count). The van der Waals surface area contributed by atoms with E-state index < -0.39 is 0 Å². The Morgan fingerprint density at radius 3 is 2.79 bits per heavy atom. The summed E-state index contributed by atoms with van der Waals surface area (Å²) in [6.45, 7) is 0.452. The third kappa shape index (κ3) is 3.25. The molecule has 0 radical (unpaired) electrons. The van der Waals surface area contributed by atoms with Gasteiger partial charge in [0.05, 0.1) is 19.7 Å². The quantitative estimate of drug-likeness (QED) is 0.509. The molecule has 3 aromatic heterocycles. The van der Waals surface area contributed by atoms with Crippen molar-refractivity contribution in [2.24, 2.45) is 7.05 Å². The average molecular weight is 414 g/mol. The van der Waals surface area contributed by atoms with Crippen molar-refractivity contribution >= 4 is 38.8 Å². The standard InChI is InChI=1S/C20H19N3O3S2/c1-23-19(24)18-14(9-16(28-18)13-7-8-27-11-13)22-20(23)21-10-12-5-4-6-15(25-2)17(12)26-3/h4-9,11H,10H2,1-3H3,(H,21,22). The van der Waals surface area contributed by atoms with E-state index >= 15 is 0 Å². The van der Waals surface area contributed by atoms with E-state index in [9.17, 15) is 4.79 Å². The third-order valence-corrected chi connectivity index (χ3v) is 6.33. The molecule has 0 aliphatic heterocycles. The first kappa shape index (κ1) is 18.5. The van der Waals surface area contributed by atoms with E-state index in [2.05, 4.69) is 15.7 Å². The number of para-hydroxylation sites is 1. The lowest BCUT2D eigenvalue weighted by atomic mass is 10.2. The van der Waals surface area contributed by atoms with Gasteiger partial charge in [-0.25, -0.2) is 4.98 Å². The van der Waals surface area contributed by atoms with E-state index in [0.717, 1.165) is 16.0 Å². The molecule has 0 atom stereocenters. The van der Waals surface area contributed by atoms with Gasteiger partial charge in [-0.1, -0.05) is 12.1 Å². The molecule has 0 aliphatic rings. The number of nitrogens with zero attached hydrogens (tertiary/aromatic N) is 2. The summed E-state index contributed by atoms with van der Waals surface area (Å²) in [7, 11) is 4.94. The zero-order valence-corrected chi connectivity index (χ0v) is 17.3. The van der Waals surface area contributed by atoms with Crippen molar-refractivity contribution in [3.05, 3.63) is 57.0 Å². The highest BCUT2D eigenvalue weighted by molar-refractivity contribution is 7.22. The second-order valence-corrected chi connectivity index (χ2v) is 7.98. The van der Waals surface area contributed by atoms with Gasteiger partial charge >= 0.3 is 0 Å². The van der Waals surface area contributed by atoms with Crippen LogP contribution in [0.25, 0.3) is 20.7 Å². The zero-order valence-electron chi connectivity index (χ0n) is 15.7. The van der Waals surface area contributed by atoms with Crippen molar-refractivity contribution < 1.29 is 9.47 Å². The molecule has 0 spiro atoms. The second kappa shape index (κ2) is 7.65. The van der Waals surface area contributed by atoms with Crippen LogP contribution in [0.4, 0.5) is 5.95 Å². The number of methoxy groups -OCH3 is 2. The smallest absolute Gasteiger partial charge is 0.272 e. The number of anilines is 1. The lowest BCUT2D eigenvalue weighted by Crippen LogP contribution is -2.21. The SMILES string of the molecule is COc1cccc(CNc2nc3cc(-c4ccsc4)sc3c(=O)n2C)c1OC. The molecule has 0 saturated heterocycles. The molecule has 0 unspecified atom stereocenters. The molecule has 4 aromatic rings. The molecule has 1 N–H and O–H groups in total. The number of aromatic nitrogens is 2. The third-order valence-electron chi connectivity index (χ3n) is 4.48. The van der Waals surface area contributed by atoms with Gasteiger partial charge in [-0.05, 0) is 29.0 Å². The summed E-state index contributed by atoms with van der Waals surface area (Å²) in [6, 6.07) is 9.72. The van der Waals surface area contributed by atoms with Crippen molar-refractivity contribution in [1.82, 2.24) is 9.55 Å². The summed E-state index contributed by atoms with van der Waals surface area (Å²) in [5, 5.41) is 7.36. The molecule has 3 heterocycles. The van der Waals surface area contributed by atoms with Gasteiger partial charge in [0.25, 0.3) is 5.56 Å². The summed E-state index contributed by atoms with van der Waals surface area (Å²) in [4.78, 5) is 18.5. The summed E-state index contributed by atoms with van der Waals surface area (Å²) >= 11 is 3.11. The van der Waals surface area contributed by atoms with Crippen LogP contribution in [0.2, 0.25) is 0 Å². The van der Waals surface area contributed by atoms with Crippen molar-refractivity contribution in [2.45, 2.75) is 6.54 Å². The van der Waals surface area contributed by atoms with Gasteiger partial charge in [-0.2, -0.15) is 11.3 Å². The monoisotopic (exact) mass is 413 g/mol. The van der Waals surface area contributed by atoms with Crippen molar-refractivity contribution in [3.63, 3.8) is 0 Å². The molecular weight excluding hydrogens is 394 g/mol. The molecular formula is C20H19N3O3S2. The molecule has 0 aliphatic carbocycles. The number of hydrogen-bond acceptors (Lipinski definition) is 7. The van der Waals surface area contributed by atoms with Gasteiger partial charge in [0, 0.05) is 29.6 Å². The van der Waals surface area contributed by atoms with E-state index in [0.29, 0.717) is 34.2 Å². The summed E-state index contributed by atoms with van der Waals surface area (Å²) in [6.07, 6.45) is 0. The Morgan fingerprint density at radius 2 is 2.07 bits per heavy atom. The largest absolute Gasteiger partial charge is 0.493 e. The molecule has 144 valence electrons. The van der Waals surface area contributed by atoms with Gasteiger partial charge in [0.15, 0.2) is 11.5 Å². The Hall–Kier alpha value is -2.84. The molecule has 28 heavy (non-hydrogen) atoms. The first-order chi connectivity index (χ1) is 13.6. The molecule has 0 fully saturated rings. The minimum Gasteiger partial charge on any atom is -0.493 e. The molecule has 0 bridgehead atoms. The number of hydrogen-bond donors (Lipinski definition) is 1. The van der Waals surface area contributed by atoms with Crippen LogP contribution in [0.5, 0.6) is 11.5 Å². The van der Waals surface area contributed by atoms with Gasteiger partial charge in [-0.15, -0.1) is 11.3 Å². The van der Waals surface area contributed by atoms with E-state index in [1.54, 1.807) is 37.2 Å². The Bertz CT molecular complexity index is 1180. The Morgan fingerprint density at radius 1 is 1.21 bits per heavy atom. The summed E-state index contributed by atoms with van der Waals surface area (Å²) in [5.41, 5.74) is 2.68. The van der Waals surface area contributed by atoms with E-state index in [-0.39, 0.29) is 5.56 Å². The van der Waals surface area contributed by atoms with Crippen LogP contribution in [0.3, 0.4) is 0 Å². The Labute approximate surface area is 170 Å². The van der Waals surface area contributed by atoms with Crippen molar-refractivity contribution in [2.75, 3.05) is 19.5 Å². The topological polar surface area (TPSA) is 65.4 Å². The normalized spacial score (nSPS) is 11.0. The fourth-order valence-electron chi connectivity index (χ4n) is 3.03. The predicted molar refractivity (Wildman–Crippen MR) is 115 cm³/mol. The zero-order chi connectivity index (χ0) is 19.7. The first-order valence-electron chi connectivity index (χ1n) is 8.59. The minimum atomic E-state index is -0.0587. The Balaban J connectivity index is 1.68. The highest BCUT2D eigenvalue weighted by Gasteiger charge is 2.14. The highest BCUT2D eigenvalue weighted by atomic mass is 32.1. The van der Waals surface area contributed by atoms with E-state index in [1.807, 2.05) is 35.7 Å². The van der Waals surface area contributed by atoms with Crippen molar-refractivity contribution in [1.29, 1.82) is 0 Å².